The van der Waals surface area contributed by atoms with E-state index in [0.29, 0.717) is 10.6 Å². The molecule has 0 aliphatic carbocycles. The molecule has 23 heavy (non-hydrogen) atoms. The Morgan fingerprint density at radius 1 is 1.22 bits per heavy atom. The fraction of sp³-hybridized carbons (Fsp3) is 0.429. The molecule has 2 aliphatic rings. The smallest absolute Gasteiger partial charge is 0.417 e. The highest BCUT2D eigenvalue weighted by atomic mass is 35.5. The molecule has 2 aliphatic heterocycles. The van der Waals surface area contributed by atoms with Gasteiger partial charge in [-0.05, 0) is 11.6 Å². The number of hydrogen-bond acceptors (Lipinski definition) is 5. The summed E-state index contributed by atoms with van der Waals surface area (Å²) in [5.41, 5.74) is 0.552. The molecule has 3 rings (SSSR count). The van der Waals surface area contributed by atoms with Gasteiger partial charge in [0.05, 0.1) is 5.75 Å². The van der Waals surface area contributed by atoms with Crippen LogP contribution in [-0.4, -0.2) is 55.9 Å². The van der Waals surface area contributed by atoms with E-state index in [-0.39, 0.29) is 43.8 Å². The van der Waals surface area contributed by atoms with Crippen LogP contribution >= 0.6 is 11.6 Å². The standard InChI is InChI=1S/C14H15ClN2O5S/c15-12-4-2-1-3-11(12)9-23(20,21)16-5-10(6-16)7-17-13(18)8-22-14(17)19/h1-4,10H,5-9H2. The second-order valence-electron chi connectivity index (χ2n) is 5.59. The van der Waals surface area contributed by atoms with Crippen LogP contribution in [0.25, 0.3) is 0 Å². The Labute approximate surface area is 138 Å². The fourth-order valence-electron chi connectivity index (χ4n) is 2.58. The second-order valence-corrected chi connectivity index (χ2v) is 7.97. The van der Waals surface area contributed by atoms with Crippen molar-refractivity contribution in [3.63, 3.8) is 0 Å². The maximum Gasteiger partial charge on any atom is 0.417 e. The normalized spacial score (nSPS) is 19.8. The minimum absolute atomic E-state index is 0.0642. The third-order valence-electron chi connectivity index (χ3n) is 3.89. The molecule has 2 heterocycles. The monoisotopic (exact) mass is 358 g/mol. The van der Waals surface area contributed by atoms with Crippen LogP contribution in [0.3, 0.4) is 0 Å². The number of nitrogens with zero attached hydrogens (tertiary/aromatic N) is 2. The van der Waals surface area contributed by atoms with Crippen LogP contribution < -0.4 is 0 Å². The van der Waals surface area contributed by atoms with E-state index in [1.165, 1.54) is 4.31 Å². The van der Waals surface area contributed by atoms with E-state index in [2.05, 4.69) is 4.74 Å². The average molecular weight is 359 g/mol. The van der Waals surface area contributed by atoms with E-state index in [1.54, 1.807) is 24.3 Å². The maximum absolute atomic E-state index is 12.3. The summed E-state index contributed by atoms with van der Waals surface area (Å²) in [4.78, 5) is 23.8. The third-order valence-corrected chi connectivity index (χ3v) is 6.02. The van der Waals surface area contributed by atoms with Crippen LogP contribution in [0.15, 0.2) is 24.3 Å². The lowest BCUT2D eigenvalue weighted by molar-refractivity contribution is -0.126. The van der Waals surface area contributed by atoms with Gasteiger partial charge in [-0.15, -0.1) is 0 Å². The van der Waals surface area contributed by atoms with Gasteiger partial charge < -0.3 is 4.74 Å². The first-order valence-corrected chi connectivity index (χ1v) is 9.04. The highest BCUT2D eigenvalue weighted by molar-refractivity contribution is 7.88. The van der Waals surface area contributed by atoms with Gasteiger partial charge >= 0.3 is 6.09 Å². The highest BCUT2D eigenvalue weighted by Gasteiger charge is 2.40. The van der Waals surface area contributed by atoms with Gasteiger partial charge in [-0.2, -0.15) is 0 Å². The van der Waals surface area contributed by atoms with Gasteiger partial charge in [-0.1, -0.05) is 29.8 Å². The second kappa shape index (κ2) is 6.10. The Hall–Kier alpha value is -1.64. The molecule has 0 aromatic heterocycles. The minimum atomic E-state index is -3.46. The molecule has 9 heteroatoms. The molecule has 2 saturated heterocycles. The first-order valence-electron chi connectivity index (χ1n) is 7.05. The van der Waals surface area contributed by atoms with Crippen molar-refractivity contribution in [3.05, 3.63) is 34.9 Å². The zero-order valence-electron chi connectivity index (χ0n) is 12.1. The Bertz CT molecular complexity index is 729. The summed E-state index contributed by atoms with van der Waals surface area (Å²) in [6.07, 6.45) is -0.660. The Morgan fingerprint density at radius 2 is 1.91 bits per heavy atom. The number of imide groups is 1. The first kappa shape index (κ1) is 16.2. The zero-order chi connectivity index (χ0) is 16.6. The van der Waals surface area contributed by atoms with Crippen molar-refractivity contribution in [1.29, 1.82) is 0 Å². The van der Waals surface area contributed by atoms with Crippen molar-refractivity contribution >= 4 is 33.6 Å². The maximum atomic E-state index is 12.3. The molecular formula is C14H15ClN2O5S. The predicted octanol–water partition coefficient (Wildman–Crippen LogP) is 1.08. The molecule has 0 saturated carbocycles. The molecule has 1 aromatic carbocycles. The van der Waals surface area contributed by atoms with E-state index in [0.717, 1.165) is 4.90 Å². The first-order chi connectivity index (χ1) is 10.9. The molecule has 0 atom stereocenters. The number of cyclic esters (lactones) is 1. The molecule has 0 radical (unpaired) electrons. The van der Waals surface area contributed by atoms with E-state index < -0.39 is 16.1 Å². The van der Waals surface area contributed by atoms with Crippen LogP contribution in [0.4, 0.5) is 4.79 Å². The van der Waals surface area contributed by atoms with Crippen LogP contribution in [0.5, 0.6) is 0 Å². The predicted molar refractivity (Wildman–Crippen MR) is 82.2 cm³/mol. The van der Waals surface area contributed by atoms with Crippen molar-refractivity contribution in [2.45, 2.75) is 5.75 Å². The summed E-state index contributed by atoms with van der Waals surface area (Å²) in [5.74, 6) is -0.609. The van der Waals surface area contributed by atoms with Crippen molar-refractivity contribution in [3.8, 4) is 0 Å². The summed E-state index contributed by atoms with van der Waals surface area (Å²) in [6.45, 7) is 0.517. The van der Waals surface area contributed by atoms with E-state index in [4.69, 9.17) is 11.6 Å². The van der Waals surface area contributed by atoms with E-state index in [9.17, 15) is 18.0 Å². The number of carbonyl (C=O) groups excluding carboxylic acids is 2. The summed E-state index contributed by atoms with van der Waals surface area (Å²) in [7, 11) is -3.46. The van der Waals surface area contributed by atoms with Gasteiger partial charge in [0.15, 0.2) is 6.61 Å². The average Bonchev–Trinajstić information content (AvgIpc) is 2.75. The highest BCUT2D eigenvalue weighted by Crippen LogP contribution is 2.26. The Kier molecular flexibility index (Phi) is 4.31. The van der Waals surface area contributed by atoms with Crippen LogP contribution in [0.2, 0.25) is 5.02 Å². The lowest BCUT2D eigenvalue weighted by Crippen LogP contribution is -2.54. The number of sulfonamides is 1. The number of rotatable bonds is 5. The molecule has 2 fully saturated rings. The summed E-state index contributed by atoms with van der Waals surface area (Å²) in [6, 6.07) is 6.80. The Balaban J connectivity index is 1.57. The quantitative estimate of drug-likeness (QED) is 0.786. The Morgan fingerprint density at radius 3 is 2.52 bits per heavy atom. The van der Waals surface area contributed by atoms with Crippen molar-refractivity contribution in [2.75, 3.05) is 26.2 Å². The SMILES string of the molecule is O=C1COC(=O)N1CC1CN(S(=O)(=O)Cc2ccccc2Cl)C1. The number of hydrogen-bond donors (Lipinski definition) is 0. The lowest BCUT2D eigenvalue weighted by Gasteiger charge is -2.39. The number of benzene rings is 1. The van der Waals surface area contributed by atoms with Crippen LogP contribution in [0, 0.1) is 5.92 Å². The lowest BCUT2D eigenvalue weighted by atomic mass is 10.0. The summed E-state index contributed by atoms with van der Waals surface area (Å²) >= 11 is 5.99. The van der Waals surface area contributed by atoms with Gasteiger partial charge in [-0.3, -0.25) is 4.79 Å². The summed E-state index contributed by atoms with van der Waals surface area (Å²) < 4.78 is 30.6. The molecule has 0 N–H and O–H groups in total. The fourth-order valence-corrected chi connectivity index (χ4v) is 4.57. The van der Waals surface area contributed by atoms with Crippen molar-refractivity contribution < 1.29 is 22.7 Å². The van der Waals surface area contributed by atoms with Gasteiger partial charge in [0, 0.05) is 30.6 Å². The minimum Gasteiger partial charge on any atom is -0.439 e. The van der Waals surface area contributed by atoms with Gasteiger partial charge in [0.2, 0.25) is 10.0 Å². The van der Waals surface area contributed by atoms with Crippen molar-refractivity contribution in [1.82, 2.24) is 9.21 Å². The van der Waals surface area contributed by atoms with E-state index in [1.807, 2.05) is 0 Å². The number of halogens is 1. The van der Waals surface area contributed by atoms with Gasteiger partial charge in [0.25, 0.3) is 5.91 Å². The molecule has 124 valence electrons. The van der Waals surface area contributed by atoms with Crippen LogP contribution in [-0.2, 0) is 25.3 Å². The van der Waals surface area contributed by atoms with Gasteiger partial charge in [-0.25, -0.2) is 22.4 Å². The third kappa shape index (κ3) is 3.34. The van der Waals surface area contributed by atoms with E-state index >= 15 is 0 Å². The van der Waals surface area contributed by atoms with Crippen molar-refractivity contribution in [2.24, 2.45) is 5.92 Å². The van der Waals surface area contributed by atoms with Gasteiger partial charge in [0.1, 0.15) is 0 Å². The molecule has 7 nitrogen and oxygen atoms in total. The molecular weight excluding hydrogens is 344 g/mol. The zero-order valence-corrected chi connectivity index (χ0v) is 13.7. The summed E-state index contributed by atoms with van der Waals surface area (Å²) in [5, 5.41) is 0.415. The number of carbonyl (C=O) groups is 2. The molecule has 0 bridgehead atoms. The number of amides is 2. The van der Waals surface area contributed by atoms with Crippen LogP contribution in [0.1, 0.15) is 5.56 Å². The molecule has 1 aromatic rings. The number of ether oxygens (including phenoxy) is 1. The largest absolute Gasteiger partial charge is 0.439 e. The molecule has 2 amide bonds. The molecule has 0 spiro atoms. The topological polar surface area (TPSA) is 84.0 Å². The molecule has 0 unspecified atom stereocenters.